The van der Waals surface area contributed by atoms with Crippen LogP contribution in [0.4, 0.5) is 0 Å². The lowest BCUT2D eigenvalue weighted by Gasteiger charge is -2.17. The fourth-order valence-corrected chi connectivity index (χ4v) is 4.28. The van der Waals surface area contributed by atoms with E-state index >= 15 is 0 Å². The van der Waals surface area contributed by atoms with E-state index in [1.165, 1.54) is 0 Å². The van der Waals surface area contributed by atoms with Crippen LogP contribution in [0.3, 0.4) is 0 Å². The average molecular weight is 492 g/mol. The van der Waals surface area contributed by atoms with Gasteiger partial charge in [-0.25, -0.2) is 4.98 Å². The summed E-state index contributed by atoms with van der Waals surface area (Å²) in [6.07, 6.45) is 1.77. The normalized spacial score (nSPS) is 19.5. The Morgan fingerprint density at radius 3 is 2.42 bits per heavy atom. The third kappa shape index (κ3) is 6.32. The molecule has 8 nitrogen and oxygen atoms in total. The van der Waals surface area contributed by atoms with E-state index < -0.39 is 18.2 Å². The van der Waals surface area contributed by atoms with Gasteiger partial charge in [0.15, 0.2) is 0 Å². The maximum atomic E-state index is 10.3. The van der Waals surface area contributed by atoms with Crippen LogP contribution in [0.25, 0.3) is 11.1 Å². The number of hydrogen-bond donors (Lipinski definition) is 3. The van der Waals surface area contributed by atoms with Gasteiger partial charge in [0.2, 0.25) is 0 Å². The molecular formula is C28H33N3O5. The molecule has 0 saturated carbocycles. The topological polar surface area (TPSA) is 100 Å². The standard InChI is InChI=1S/C28H33N3O5/c1-20(33)28-29-13-14-31(28)24(19-32)10-5-21-3-6-22(7-4-21)23-8-11-25(12-9-23)36-27-18-30(15-16-35-2)17-26(27)34/h3-4,6-9,11-14,20,24,26-27,32-34H,15-19H2,1-2H3/t20-,24?,26+,27+/m0/s1. The van der Waals surface area contributed by atoms with E-state index in [1.54, 1.807) is 31.0 Å². The van der Waals surface area contributed by atoms with Crippen molar-refractivity contribution in [1.29, 1.82) is 0 Å². The van der Waals surface area contributed by atoms with Crippen molar-refractivity contribution >= 4 is 0 Å². The first-order valence-electron chi connectivity index (χ1n) is 12.1. The molecule has 4 rings (SSSR count). The van der Waals surface area contributed by atoms with Gasteiger partial charge >= 0.3 is 0 Å². The van der Waals surface area contributed by atoms with Crippen molar-refractivity contribution in [3.8, 4) is 28.7 Å². The highest BCUT2D eigenvalue weighted by atomic mass is 16.5. The van der Waals surface area contributed by atoms with E-state index in [-0.39, 0.29) is 12.7 Å². The zero-order chi connectivity index (χ0) is 25.5. The lowest BCUT2D eigenvalue weighted by atomic mass is 10.0. The Kier molecular flexibility index (Phi) is 8.75. The number of nitrogens with zero attached hydrogens (tertiary/aromatic N) is 3. The van der Waals surface area contributed by atoms with Crippen LogP contribution in [0.2, 0.25) is 0 Å². The molecule has 4 atom stereocenters. The van der Waals surface area contributed by atoms with Crippen LogP contribution in [-0.4, -0.2) is 81.9 Å². The largest absolute Gasteiger partial charge is 0.486 e. The predicted molar refractivity (Wildman–Crippen MR) is 136 cm³/mol. The third-order valence-electron chi connectivity index (χ3n) is 6.25. The predicted octanol–water partition coefficient (Wildman–Crippen LogP) is 2.26. The van der Waals surface area contributed by atoms with Gasteiger partial charge < -0.3 is 29.4 Å². The minimum absolute atomic E-state index is 0.182. The van der Waals surface area contributed by atoms with E-state index in [4.69, 9.17) is 9.47 Å². The number of aliphatic hydroxyl groups excluding tert-OH is 3. The average Bonchev–Trinajstić information content (AvgIpc) is 3.51. The summed E-state index contributed by atoms with van der Waals surface area (Å²) in [4.78, 5) is 6.28. The van der Waals surface area contributed by atoms with Crippen molar-refractivity contribution in [3.05, 3.63) is 72.3 Å². The maximum absolute atomic E-state index is 10.3. The number of imidazole rings is 1. The first-order chi connectivity index (χ1) is 17.5. The molecule has 190 valence electrons. The van der Waals surface area contributed by atoms with Gasteiger partial charge in [0.25, 0.3) is 0 Å². The second kappa shape index (κ2) is 12.2. The van der Waals surface area contributed by atoms with Crippen molar-refractivity contribution in [2.24, 2.45) is 0 Å². The molecule has 2 heterocycles. The number of aliphatic hydroxyl groups is 3. The first kappa shape index (κ1) is 25.9. The van der Waals surface area contributed by atoms with Gasteiger partial charge in [-0.15, -0.1) is 0 Å². The summed E-state index contributed by atoms with van der Waals surface area (Å²) in [6.45, 7) is 4.12. The molecule has 3 N–H and O–H groups in total. The Hall–Kier alpha value is -3.19. The summed E-state index contributed by atoms with van der Waals surface area (Å²) >= 11 is 0. The Morgan fingerprint density at radius 2 is 1.78 bits per heavy atom. The minimum Gasteiger partial charge on any atom is -0.486 e. The van der Waals surface area contributed by atoms with E-state index in [9.17, 15) is 15.3 Å². The number of ether oxygens (including phenoxy) is 2. The van der Waals surface area contributed by atoms with Crippen LogP contribution in [0.5, 0.6) is 5.75 Å². The fraction of sp³-hybridized carbons (Fsp3) is 0.393. The highest BCUT2D eigenvalue weighted by molar-refractivity contribution is 5.65. The van der Waals surface area contributed by atoms with Crippen molar-refractivity contribution in [2.45, 2.75) is 31.3 Å². The van der Waals surface area contributed by atoms with Crippen molar-refractivity contribution in [2.75, 3.05) is 40.0 Å². The summed E-state index contributed by atoms with van der Waals surface area (Å²) < 4.78 is 12.8. The number of rotatable bonds is 9. The SMILES string of the molecule is COCCN1C[C@@H](O)[C@H](Oc2ccc(-c3ccc(C#CC(CO)n4ccnc4[C@H](C)O)cc3)cc2)C1. The van der Waals surface area contributed by atoms with Gasteiger partial charge in [0.05, 0.1) is 13.2 Å². The van der Waals surface area contributed by atoms with E-state index in [1.807, 2.05) is 48.5 Å². The lowest BCUT2D eigenvalue weighted by Crippen LogP contribution is -2.30. The molecule has 1 fully saturated rings. The van der Waals surface area contributed by atoms with Crippen LogP contribution >= 0.6 is 0 Å². The second-order valence-electron chi connectivity index (χ2n) is 8.91. The number of likely N-dealkylation sites (tertiary alicyclic amines) is 1. The van der Waals surface area contributed by atoms with E-state index in [0.717, 1.165) is 29.0 Å². The minimum atomic E-state index is -0.745. The Labute approximate surface area is 211 Å². The molecule has 2 aromatic carbocycles. The van der Waals surface area contributed by atoms with Gasteiger partial charge in [0.1, 0.15) is 35.9 Å². The summed E-state index contributed by atoms with van der Waals surface area (Å²) in [5, 5.41) is 30.0. The lowest BCUT2D eigenvalue weighted by molar-refractivity contribution is 0.0736. The van der Waals surface area contributed by atoms with Gasteiger partial charge in [-0.05, 0) is 42.3 Å². The van der Waals surface area contributed by atoms with Crippen LogP contribution in [0, 0.1) is 11.8 Å². The highest BCUT2D eigenvalue weighted by Crippen LogP contribution is 2.25. The molecule has 1 aromatic heterocycles. The highest BCUT2D eigenvalue weighted by Gasteiger charge is 2.32. The van der Waals surface area contributed by atoms with Crippen LogP contribution in [-0.2, 0) is 4.74 Å². The molecule has 0 spiro atoms. The monoisotopic (exact) mass is 491 g/mol. The molecule has 0 bridgehead atoms. The van der Waals surface area contributed by atoms with Gasteiger partial charge in [0, 0.05) is 44.7 Å². The number of methoxy groups -OCH3 is 1. The first-order valence-corrected chi connectivity index (χ1v) is 12.1. The molecule has 1 aliphatic rings. The number of β-amino-alcohol motifs (C(OH)–C–C–N with tert-alkyl or cyclic N) is 1. The van der Waals surface area contributed by atoms with Crippen molar-refractivity contribution in [3.63, 3.8) is 0 Å². The quantitative estimate of drug-likeness (QED) is 0.395. The summed E-state index contributed by atoms with van der Waals surface area (Å²) in [5.74, 6) is 7.37. The fourth-order valence-electron chi connectivity index (χ4n) is 4.28. The molecule has 36 heavy (non-hydrogen) atoms. The van der Waals surface area contributed by atoms with Crippen LogP contribution in [0.15, 0.2) is 60.9 Å². The molecular weight excluding hydrogens is 458 g/mol. The van der Waals surface area contributed by atoms with Gasteiger partial charge in [-0.3, -0.25) is 4.90 Å². The van der Waals surface area contributed by atoms with Gasteiger partial charge in [-0.1, -0.05) is 36.1 Å². The number of benzene rings is 2. The Balaban J connectivity index is 1.38. The molecule has 3 aromatic rings. The van der Waals surface area contributed by atoms with E-state index in [0.29, 0.717) is 25.5 Å². The summed E-state index contributed by atoms with van der Waals surface area (Å²) in [5.41, 5.74) is 2.91. The molecule has 1 saturated heterocycles. The second-order valence-corrected chi connectivity index (χ2v) is 8.91. The van der Waals surface area contributed by atoms with Crippen molar-refractivity contribution < 1.29 is 24.8 Å². The zero-order valence-electron chi connectivity index (χ0n) is 20.6. The molecule has 1 unspecified atom stereocenters. The van der Waals surface area contributed by atoms with Gasteiger partial charge in [-0.2, -0.15) is 0 Å². The number of hydrogen-bond acceptors (Lipinski definition) is 7. The molecule has 0 aliphatic carbocycles. The molecule has 0 amide bonds. The number of aromatic nitrogens is 2. The molecule has 8 heteroatoms. The van der Waals surface area contributed by atoms with Crippen LogP contribution < -0.4 is 4.74 Å². The van der Waals surface area contributed by atoms with Crippen LogP contribution in [0.1, 0.15) is 30.5 Å². The third-order valence-corrected chi connectivity index (χ3v) is 6.25. The summed E-state index contributed by atoms with van der Waals surface area (Å²) in [7, 11) is 1.67. The maximum Gasteiger partial charge on any atom is 0.138 e. The molecule has 1 aliphatic heterocycles. The Bertz CT molecular complexity index is 1160. The summed E-state index contributed by atoms with van der Waals surface area (Å²) in [6, 6.07) is 15.2. The Morgan fingerprint density at radius 1 is 1.08 bits per heavy atom. The van der Waals surface area contributed by atoms with Crippen molar-refractivity contribution in [1.82, 2.24) is 14.5 Å². The molecule has 0 radical (unpaired) electrons. The zero-order valence-corrected chi connectivity index (χ0v) is 20.6. The van der Waals surface area contributed by atoms with E-state index in [2.05, 4.69) is 21.7 Å². The smallest absolute Gasteiger partial charge is 0.138 e.